The molecule has 0 spiro atoms. The normalized spacial score (nSPS) is 9.83. The van der Waals surface area contributed by atoms with Crippen molar-refractivity contribution in [3.05, 3.63) is 25.7 Å². The molecule has 64 valence electrons. The van der Waals surface area contributed by atoms with Crippen LogP contribution >= 0.6 is 38.5 Å². The summed E-state index contributed by atoms with van der Waals surface area (Å²) in [5, 5.41) is 8.72. The van der Waals surface area contributed by atoms with Gasteiger partial charge in [0.15, 0.2) is 0 Å². The summed E-state index contributed by atoms with van der Waals surface area (Å²) >= 11 is 5.20. The third-order valence-corrected chi connectivity index (χ3v) is 2.55. The Labute approximate surface area is 91.2 Å². The number of anilines is 1. The molecule has 0 bridgehead atoms. The molecular weight excluding hydrogens is 337 g/mol. The zero-order valence-electron chi connectivity index (χ0n) is 5.84. The van der Waals surface area contributed by atoms with Gasteiger partial charge in [-0.25, -0.2) is 4.79 Å². The molecule has 0 unspecified atom stereocenters. The van der Waals surface area contributed by atoms with Gasteiger partial charge in [0, 0.05) is 13.7 Å². The van der Waals surface area contributed by atoms with Crippen LogP contribution in [0.1, 0.15) is 10.4 Å². The van der Waals surface area contributed by atoms with Crippen LogP contribution in [0, 0.1) is 3.57 Å². The Morgan fingerprint density at radius 1 is 1.58 bits per heavy atom. The molecule has 0 amide bonds. The second kappa shape index (κ2) is 3.61. The summed E-state index contributed by atoms with van der Waals surface area (Å²) in [7, 11) is 0. The highest BCUT2D eigenvalue weighted by molar-refractivity contribution is 14.1. The number of carboxylic acids is 1. The number of aromatic carboxylic acids is 1. The number of hydrogen-bond acceptors (Lipinski definition) is 2. The largest absolute Gasteiger partial charge is 0.478 e. The van der Waals surface area contributed by atoms with Crippen LogP contribution in [0.25, 0.3) is 0 Å². The first-order valence-electron chi connectivity index (χ1n) is 3.00. The predicted molar refractivity (Wildman–Crippen MR) is 58.2 cm³/mol. The Balaban J connectivity index is 3.38. The van der Waals surface area contributed by atoms with Crippen LogP contribution in [-0.4, -0.2) is 11.1 Å². The standard InChI is InChI=1S/C7H5BrINO2/c8-4-1-3(9)2-5(10)6(4)7(11)12/h1-2H,10H2,(H,11,12). The molecule has 0 saturated carbocycles. The lowest BCUT2D eigenvalue weighted by Gasteiger charge is -2.03. The minimum atomic E-state index is -1.02. The van der Waals surface area contributed by atoms with Gasteiger partial charge in [-0.15, -0.1) is 0 Å². The summed E-state index contributed by atoms with van der Waals surface area (Å²) in [6.45, 7) is 0. The highest BCUT2D eigenvalue weighted by Gasteiger charge is 2.12. The van der Waals surface area contributed by atoms with Crippen molar-refractivity contribution in [2.24, 2.45) is 0 Å². The van der Waals surface area contributed by atoms with E-state index in [1.165, 1.54) is 0 Å². The molecule has 0 heterocycles. The number of carbonyl (C=O) groups is 1. The molecule has 12 heavy (non-hydrogen) atoms. The van der Waals surface area contributed by atoms with Crippen molar-refractivity contribution in [3.63, 3.8) is 0 Å². The summed E-state index contributed by atoms with van der Waals surface area (Å²) < 4.78 is 1.42. The first kappa shape index (κ1) is 9.79. The van der Waals surface area contributed by atoms with E-state index in [0.717, 1.165) is 3.57 Å². The van der Waals surface area contributed by atoms with Gasteiger partial charge in [-0.1, -0.05) is 0 Å². The van der Waals surface area contributed by atoms with Crippen LogP contribution < -0.4 is 5.73 Å². The lowest BCUT2D eigenvalue weighted by atomic mass is 10.2. The van der Waals surface area contributed by atoms with E-state index in [-0.39, 0.29) is 11.3 Å². The maximum atomic E-state index is 10.6. The van der Waals surface area contributed by atoms with Gasteiger partial charge in [-0.2, -0.15) is 0 Å². The number of nitrogen functional groups attached to an aromatic ring is 1. The van der Waals surface area contributed by atoms with Gasteiger partial charge in [-0.3, -0.25) is 0 Å². The van der Waals surface area contributed by atoms with Gasteiger partial charge in [0.05, 0.1) is 5.56 Å². The summed E-state index contributed by atoms with van der Waals surface area (Å²) in [6.07, 6.45) is 0. The van der Waals surface area contributed by atoms with Crippen molar-refractivity contribution in [2.75, 3.05) is 5.73 Å². The van der Waals surface area contributed by atoms with Gasteiger partial charge in [0.25, 0.3) is 0 Å². The highest BCUT2D eigenvalue weighted by atomic mass is 127. The topological polar surface area (TPSA) is 63.3 Å². The maximum absolute atomic E-state index is 10.6. The quantitative estimate of drug-likeness (QED) is 0.608. The number of rotatable bonds is 1. The highest BCUT2D eigenvalue weighted by Crippen LogP contribution is 2.25. The second-order valence-corrected chi connectivity index (χ2v) is 4.26. The van der Waals surface area contributed by atoms with E-state index < -0.39 is 5.97 Å². The lowest BCUT2D eigenvalue weighted by molar-refractivity contribution is 0.0697. The molecule has 1 aromatic rings. The Bertz CT molecular complexity index is 317. The molecule has 0 aromatic heterocycles. The fraction of sp³-hybridized carbons (Fsp3) is 0. The van der Waals surface area contributed by atoms with Crippen molar-refractivity contribution >= 4 is 50.2 Å². The van der Waals surface area contributed by atoms with Crippen LogP contribution in [0.4, 0.5) is 5.69 Å². The number of hydrogen-bond donors (Lipinski definition) is 2. The van der Waals surface area contributed by atoms with Crippen LogP contribution in [0.2, 0.25) is 0 Å². The van der Waals surface area contributed by atoms with Gasteiger partial charge in [0.2, 0.25) is 0 Å². The molecule has 0 aliphatic rings. The summed E-state index contributed by atoms with van der Waals surface area (Å²) in [6, 6.07) is 3.33. The van der Waals surface area contributed by atoms with Gasteiger partial charge in [0.1, 0.15) is 0 Å². The minimum absolute atomic E-state index is 0.121. The fourth-order valence-corrected chi connectivity index (χ4v) is 2.54. The van der Waals surface area contributed by atoms with Gasteiger partial charge < -0.3 is 10.8 Å². The van der Waals surface area contributed by atoms with Crippen LogP contribution in [0.3, 0.4) is 0 Å². The lowest BCUT2D eigenvalue weighted by Crippen LogP contribution is -2.03. The molecule has 0 saturated heterocycles. The maximum Gasteiger partial charge on any atom is 0.338 e. The average molecular weight is 342 g/mol. The number of carboxylic acid groups (broad SMARTS) is 1. The average Bonchev–Trinajstić information content (AvgIpc) is 1.82. The van der Waals surface area contributed by atoms with Crippen molar-refractivity contribution in [3.8, 4) is 0 Å². The Morgan fingerprint density at radius 3 is 2.58 bits per heavy atom. The van der Waals surface area contributed by atoms with Gasteiger partial charge >= 0.3 is 5.97 Å². The SMILES string of the molecule is Nc1cc(I)cc(Br)c1C(=O)O. The summed E-state index contributed by atoms with van der Waals surface area (Å²) in [5.41, 5.74) is 5.91. The van der Waals surface area contributed by atoms with E-state index in [9.17, 15) is 4.79 Å². The van der Waals surface area contributed by atoms with Crippen molar-refractivity contribution in [1.29, 1.82) is 0 Å². The fourth-order valence-electron chi connectivity index (χ4n) is 0.819. The van der Waals surface area contributed by atoms with Crippen LogP contribution in [0.5, 0.6) is 0 Å². The molecule has 1 aromatic carbocycles. The predicted octanol–water partition coefficient (Wildman–Crippen LogP) is 2.33. The molecule has 0 atom stereocenters. The molecule has 1 rings (SSSR count). The molecule has 0 fully saturated rings. The number of halogens is 2. The third-order valence-electron chi connectivity index (χ3n) is 1.30. The Kier molecular flexibility index (Phi) is 2.94. The van der Waals surface area contributed by atoms with E-state index in [1.54, 1.807) is 12.1 Å². The van der Waals surface area contributed by atoms with Crippen molar-refractivity contribution < 1.29 is 9.90 Å². The Hall–Kier alpha value is -0.300. The first-order chi connectivity index (χ1) is 5.52. The monoisotopic (exact) mass is 341 g/mol. The molecular formula is C7H5BrINO2. The Morgan fingerprint density at radius 2 is 2.17 bits per heavy atom. The molecule has 0 aliphatic carbocycles. The molecule has 0 radical (unpaired) electrons. The minimum Gasteiger partial charge on any atom is -0.478 e. The van der Waals surface area contributed by atoms with E-state index in [0.29, 0.717) is 4.47 Å². The zero-order valence-corrected chi connectivity index (χ0v) is 9.59. The number of nitrogens with two attached hydrogens (primary N) is 1. The molecule has 3 nitrogen and oxygen atoms in total. The second-order valence-electron chi connectivity index (χ2n) is 2.16. The smallest absolute Gasteiger partial charge is 0.338 e. The van der Waals surface area contributed by atoms with Crippen LogP contribution in [-0.2, 0) is 0 Å². The van der Waals surface area contributed by atoms with Crippen LogP contribution in [0.15, 0.2) is 16.6 Å². The first-order valence-corrected chi connectivity index (χ1v) is 4.87. The van der Waals surface area contributed by atoms with E-state index in [4.69, 9.17) is 10.8 Å². The third kappa shape index (κ3) is 1.89. The summed E-state index contributed by atoms with van der Waals surface area (Å²) in [5.74, 6) is -1.02. The van der Waals surface area contributed by atoms with E-state index >= 15 is 0 Å². The number of benzene rings is 1. The summed E-state index contributed by atoms with van der Waals surface area (Å²) in [4.78, 5) is 10.6. The van der Waals surface area contributed by atoms with E-state index in [1.807, 2.05) is 0 Å². The van der Waals surface area contributed by atoms with Gasteiger partial charge in [-0.05, 0) is 50.7 Å². The van der Waals surface area contributed by atoms with E-state index in [2.05, 4.69) is 38.5 Å². The molecule has 0 aliphatic heterocycles. The van der Waals surface area contributed by atoms with Crippen molar-refractivity contribution in [2.45, 2.75) is 0 Å². The molecule has 3 N–H and O–H groups in total. The zero-order chi connectivity index (χ0) is 9.30. The molecule has 5 heteroatoms. The van der Waals surface area contributed by atoms with Crippen molar-refractivity contribution in [1.82, 2.24) is 0 Å².